The summed E-state index contributed by atoms with van der Waals surface area (Å²) in [5.41, 5.74) is 0.590. The van der Waals surface area contributed by atoms with Crippen LogP contribution in [-0.4, -0.2) is 29.4 Å². The van der Waals surface area contributed by atoms with Crippen molar-refractivity contribution in [3.05, 3.63) is 0 Å². The van der Waals surface area contributed by atoms with Crippen LogP contribution < -0.4 is 0 Å². The Morgan fingerprint density at radius 3 is 2.28 bits per heavy atom. The molecule has 1 nitrogen and oxygen atoms in total. The lowest BCUT2D eigenvalue weighted by Gasteiger charge is -2.37. The van der Waals surface area contributed by atoms with Crippen LogP contribution in [0.4, 0.5) is 0 Å². The number of nitrogens with zero attached hydrogens (tertiary/aromatic N) is 1. The van der Waals surface area contributed by atoms with Gasteiger partial charge in [0, 0.05) is 17.9 Å². The molecule has 2 fully saturated rings. The molecule has 0 aromatic rings. The van der Waals surface area contributed by atoms with Gasteiger partial charge < -0.3 is 0 Å². The second-order valence-electron chi connectivity index (χ2n) is 6.60. The van der Waals surface area contributed by atoms with Crippen LogP contribution in [0, 0.1) is 5.41 Å². The van der Waals surface area contributed by atoms with Gasteiger partial charge in [-0.25, -0.2) is 0 Å². The lowest BCUT2D eigenvalue weighted by Crippen LogP contribution is -2.40. The lowest BCUT2D eigenvalue weighted by molar-refractivity contribution is 0.142. The molecule has 0 aromatic heterocycles. The van der Waals surface area contributed by atoms with Gasteiger partial charge in [-0.1, -0.05) is 55.0 Å². The molecule has 2 aliphatic carbocycles. The molecular formula is C16H30BrN. The summed E-state index contributed by atoms with van der Waals surface area (Å²) in [5, 5.41) is 1.22. The summed E-state index contributed by atoms with van der Waals surface area (Å²) in [5.74, 6) is 0. The van der Waals surface area contributed by atoms with Crippen molar-refractivity contribution in [3.63, 3.8) is 0 Å². The van der Waals surface area contributed by atoms with Crippen LogP contribution in [-0.2, 0) is 0 Å². The second kappa shape index (κ2) is 7.28. The van der Waals surface area contributed by atoms with E-state index in [1.807, 2.05) is 0 Å². The summed E-state index contributed by atoms with van der Waals surface area (Å²) in [6.45, 7) is 5.02. The Bertz CT molecular complexity index is 229. The van der Waals surface area contributed by atoms with Gasteiger partial charge in [-0.15, -0.1) is 0 Å². The van der Waals surface area contributed by atoms with E-state index < -0.39 is 0 Å². The maximum atomic E-state index is 3.84. The average Bonchev–Trinajstić information content (AvgIpc) is 3.21. The third-order valence-corrected chi connectivity index (χ3v) is 6.04. The van der Waals surface area contributed by atoms with Gasteiger partial charge in [0.25, 0.3) is 0 Å². The van der Waals surface area contributed by atoms with Crippen molar-refractivity contribution in [2.24, 2.45) is 5.41 Å². The number of alkyl halides is 1. The second-order valence-corrected chi connectivity index (χ2v) is 7.16. The van der Waals surface area contributed by atoms with Gasteiger partial charge in [0.2, 0.25) is 0 Å². The average molecular weight is 316 g/mol. The van der Waals surface area contributed by atoms with Gasteiger partial charge in [0.05, 0.1) is 0 Å². The highest BCUT2D eigenvalue weighted by Crippen LogP contribution is 2.40. The Hall–Kier alpha value is 0.440. The highest BCUT2D eigenvalue weighted by atomic mass is 79.9. The van der Waals surface area contributed by atoms with E-state index in [0.29, 0.717) is 5.41 Å². The van der Waals surface area contributed by atoms with Crippen LogP contribution in [0.2, 0.25) is 0 Å². The topological polar surface area (TPSA) is 3.24 Å². The van der Waals surface area contributed by atoms with E-state index in [1.165, 1.54) is 82.6 Å². The first-order chi connectivity index (χ1) is 8.79. The number of hydrogen-bond donors (Lipinski definition) is 0. The Labute approximate surface area is 122 Å². The summed E-state index contributed by atoms with van der Waals surface area (Å²) in [6, 6.07) is 0.940. The van der Waals surface area contributed by atoms with E-state index in [1.54, 1.807) is 0 Å². The number of halogens is 1. The van der Waals surface area contributed by atoms with Gasteiger partial charge in [0.15, 0.2) is 0 Å². The number of hydrogen-bond acceptors (Lipinski definition) is 1. The van der Waals surface area contributed by atoms with Crippen molar-refractivity contribution in [1.29, 1.82) is 0 Å². The van der Waals surface area contributed by atoms with Gasteiger partial charge >= 0.3 is 0 Å². The Kier molecular flexibility index (Phi) is 6.00. The third kappa shape index (κ3) is 4.23. The minimum absolute atomic E-state index is 0.590. The zero-order valence-corrected chi connectivity index (χ0v) is 13.7. The molecule has 0 atom stereocenters. The number of rotatable bonds is 7. The minimum Gasteiger partial charge on any atom is -0.300 e. The van der Waals surface area contributed by atoms with E-state index >= 15 is 0 Å². The van der Waals surface area contributed by atoms with Crippen molar-refractivity contribution >= 4 is 15.9 Å². The first kappa shape index (κ1) is 14.8. The maximum absolute atomic E-state index is 3.84. The summed E-state index contributed by atoms with van der Waals surface area (Å²) in [6.07, 6.45) is 14.4. The van der Waals surface area contributed by atoms with E-state index in [4.69, 9.17) is 0 Å². The monoisotopic (exact) mass is 315 g/mol. The summed E-state index contributed by atoms with van der Waals surface area (Å²) in [7, 11) is 0. The lowest BCUT2D eigenvalue weighted by atomic mass is 9.82. The van der Waals surface area contributed by atoms with Gasteiger partial charge in [-0.2, -0.15) is 0 Å². The van der Waals surface area contributed by atoms with E-state index in [9.17, 15) is 0 Å². The zero-order valence-electron chi connectivity index (χ0n) is 12.1. The summed E-state index contributed by atoms with van der Waals surface area (Å²) >= 11 is 3.84. The minimum atomic E-state index is 0.590. The molecule has 0 aromatic carbocycles. The van der Waals surface area contributed by atoms with Crippen LogP contribution in [0.25, 0.3) is 0 Å². The zero-order chi connectivity index (χ0) is 12.8. The van der Waals surface area contributed by atoms with E-state index in [2.05, 4.69) is 27.8 Å². The van der Waals surface area contributed by atoms with Gasteiger partial charge in [-0.05, 0) is 44.1 Å². The van der Waals surface area contributed by atoms with Crippen LogP contribution in [0.3, 0.4) is 0 Å². The molecule has 2 rings (SSSR count). The maximum Gasteiger partial charge on any atom is 0.0100 e. The third-order valence-electron chi connectivity index (χ3n) is 4.85. The highest BCUT2D eigenvalue weighted by Gasteiger charge is 2.36. The molecule has 0 amide bonds. The van der Waals surface area contributed by atoms with Gasteiger partial charge in [-0.3, -0.25) is 4.90 Å². The molecule has 0 N–H and O–H groups in total. The molecule has 2 heteroatoms. The standard InChI is InChI=1S/C16H30BrN/c1-2-3-12-18(15-8-9-15)14-16(13-17)10-6-4-5-7-11-16/h15H,2-14H2,1H3. The molecule has 0 radical (unpaired) electrons. The predicted octanol–water partition coefficient (Wildman–Crippen LogP) is 4.99. The molecule has 0 bridgehead atoms. The molecule has 0 aliphatic heterocycles. The molecular weight excluding hydrogens is 286 g/mol. The van der Waals surface area contributed by atoms with E-state index in [0.717, 1.165) is 6.04 Å². The van der Waals surface area contributed by atoms with Gasteiger partial charge in [0.1, 0.15) is 0 Å². The van der Waals surface area contributed by atoms with Crippen LogP contribution in [0.1, 0.15) is 71.1 Å². The predicted molar refractivity (Wildman–Crippen MR) is 83.4 cm³/mol. The van der Waals surface area contributed by atoms with Crippen molar-refractivity contribution in [3.8, 4) is 0 Å². The molecule has 2 aliphatic rings. The van der Waals surface area contributed by atoms with Crippen molar-refractivity contribution in [1.82, 2.24) is 4.90 Å². The van der Waals surface area contributed by atoms with Crippen LogP contribution >= 0.6 is 15.9 Å². The fourth-order valence-corrected chi connectivity index (χ4v) is 4.17. The largest absolute Gasteiger partial charge is 0.300 e. The normalized spacial score (nSPS) is 24.2. The van der Waals surface area contributed by atoms with Crippen LogP contribution in [0.15, 0.2) is 0 Å². The Morgan fingerprint density at radius 2 is 1.78 bits per heavy atom. The molecule has 18 heavy (non-hydrogen) atoms. The van der Waals surface area contributed by atoms with Crippen molar-refractivity contribution in [2.45, 2.75) is 77.2 Å². The smallest absolute Gasteiger partial charge is 0.0100 e. The molecule has 0 heterocycles. The molecule has 0 saturated heterocycles. The fourth-order valence-electron chi connectivity index (χ4n) is 3.43. The van der Waals surface area contributed by atoms with Crippen molar-refractivity contribution < 1.29 is 0 Å². The fraction of sp³-hybridized carbons (Fsp3) is 1.00. The molecule has 2 saturated carbocycles. The Balaban J connectivity index is 1.92. The Morgan fingerprint density at radius 1 is 1.11 bits per heavy atom. The van der Waals surface area contributed by atoms with Crippen LogP contribution in [0.5, 0.6) is 0 Å². The highest BCUT2D eigenvalue weighted by molar-refractivity contribution is 9.09. The summed E-state index contributed by atoms with van der Waals surface area (Å²) in [4.78, 5) is 2.83. The summed E-state index contributed by atoms with van der Waals surface area (Å²) < 4.78 is 0. The molecule has 0 spiro atoms. The quantitative estimate of drug-likeness (QED) is 0.472. The first-order valence-corrected chi connectivity index (χ1v) is 9.22. The van der Waals surface area contributed by atoms with Crippen molar-refractivity contribution in [2.75, 3.05) is 18.4 Å². The SMILES string of the molecule is CCCCN(CC1(CBr)CCCCCC1)C1CC1. The first-order valence-electron chi connectivity index (χ1n) is 8.10. The van der Waals surface area contributed by atoms with E-state index in [-0.39, 0.29) is 0 Å². The number of unbranched alkanes of at least 4 members (excludes halogenated alkanes) is 1. The molecule has 0 unspecified atom stereocenters. The molecule has 106 valence electrons.